The van der Waals surface area contributed by atoms with E-state index in [4.69, 9.17) is 4.74 Å². The van der Waals surface area contributed by atoms with Gasteiger partial charge in [-0.15, -0.1) is 11.3 Å². The lowest BCUT2D eigenvalue weighted by Crippen LogP contribution is -2.17. The summed E-state index contributed by atoms with van der Waals surface area (Å²) in [5, 5.41) is 0.906. The van der Waals surface area contributed by atoms with E-state index in [0.29, 0.717) is 11.5 Å². The van der Waals surface area contributed by atoms with Crippen molar-refractivity contribution in [2.45, 2.75) is 40.0 Å². The third-order valence-corrected chi connectivity index (χ3v) is 2.86. The number of carbonyl (C=O) groups excluding carboxylic acids is 1. The first-order chi connectivity index (χ1) is 6.86. The van der Waals surface area contributed by atoms with E-state index in [1.807, 2.05) is 34.6 Å². The molecule has 0 aromatic carbocycles. The number of nitrogens with zero attached hydrogens (tertiary/aromatic N) is 1. The fourth-order valence-electron chi connectivity index (χ4n) is 1.27. The third-order valence-electron chi connectivity index (χ3n) is 1.91. The van der Waals surface area contributed by atoms with Gasteiger partial charge in [-0.3, -0.25) is 0 Å². The lowest BCUT2D eigenvalue weighted by atomic mass is 9.91. The second-order valence-electron chi connectivity index (χ2n) is 4.38. The van der Waals surface area contributed by atoms with Crippen molar-refractivity contribution >= 4 is 17.3 Å². The van der Waals surface area contributed by atoms with E-state index < -0.39 is 0 Å². The van der Waals surface area contributed by atoms with Crippen molar-refractivity contribution in [1.82, 2.24) is 4.98 Å². The van der Waals surface area contributed by atoms with E-state index in [0.717, 1.165) is 10.7 Å². The van der Waals surface area contributed by atoms with Crippen molar-refractivity contribution in [3.8, 4) is 0 Å². The minimum Gasteiger partial charge on any atom is -0.462 e. The van der Waals surface area contributed by atoms with Gasteiger partial charge in [-0.25, -0.2) is 9.78 Å². The Morgan fingerprint density at radius 2 is 2.07 bits per heavy atom. The zero-order valence-corrected chi connectivity index (χ0v) is 10.7. The number of aryl methyl sites for hydroxylation is 1. The molecule has 15 heavy (non-hydrogen) atoms. The molecule has 1 heterocycles. The quantitative estimate of drug-likeness (QED) is 0.729. The number of rotatable bonds is 2. The summed E-state index contributed by atoms with van der Waals surface area (Å²) in [5.41, 5.74) is 0.718. The van der Waals surface area contributed by atoms with Gasteiger partial charge in [0.05, 0.1) is 17.3 Å². The van der Waals surface area contributed by atoms with Crippen LogP contribution in [0.1, 0.15) is 48.1 Å². The molecule has 0 fully saturated rings. The summed E-state index contributed by atoms with van der Waals surface area (Å²) in [4.78, 5) is 16.7. The highest BCUT2D eigenvalue weighted by Crippen LogP contribution is 2.29. The molecule has 84 valence electrons. The smallest absolute Gasteiger partial charge is 0.350 e. The predicted molar refractivity (Wildman–Crippen MR) is 61.5 cm³/mol. The first-order valence-electron chi connectivity index (χ1n) is 5.01. The number of aromatic nitrogens is 1. The van der Waals surface area contributed by atoms with Gasteiger partial charge in [0, 0.05) is 5.41 Å². The van der Waals surface area contributed by atoms with Crippen LogP contribution in [0.2, 0.25) is 0 Å². The van der Waals surface area contributed by atoms with Crippen molar-refractivity contribution in [2.24, 2.45) is 0 Å². The molecule has 1 rings (SSSR count). The SMILES string of the molecule is CCOC(=O)c1sc(C)nc1C(C)(C)C. The van der Waals surface area contributed by atoms with Crippen LogP contribution in [0.5, 0.6) is 0 Å². The van der Waals surface area contributed by atoms with Crippen LogP contribution in [-0.2, 0) is 10.2 Å². The van der Waals surface area contributed by atoms with Gasteiger partial charge in [-0.05, 0) is 13.8 Å². The Bertz CT molecular complexity index is 363. The summed E-state index contributed by atoms with van der Waals surface area (Å²) in [7, 11) is 0. The first-order valence-corrected chi connectivity index (χ1v) is 5.83. The molecule has 0 radical (unpaired) electrons. The van der Waals surface area contributed by atoms with E-state index in [9.17, 15) is 4.79 Å². The molecule has 0 spiro atoms. The number of carbonyl (C=O) groups is 1. The molecule has 4 heteroatoms. The van der Waals surface area contributed by atoms with Crippen LogP contribution < -0.4 is 0 Å². The molecule has 0 aliphatic carbocycles. The molecular weight excluding hydrogens is 210 g/mol. The summed E-state index contributed by atoms with van der Waals surface area (Å²) >= 11 is 1.40. The average molecular weight is 227 g/mol. The number of esters is 1. The van der Waals surface area contributed by atoms with Gasteiger partial charge in [0.15, 0.2) is 0 Å². The standard InChI is InChI=1S/C11H17NO2S/c1-6-14-10(13)8-9(11(3,4)5)12-7(2)15-8/h6H2,1-5H3. The molecule has 0 N–H and O–H groups in total. The Hall–Kier alpha value is -0.900. The lowest BCUT2D eigenvalue weighted by Gasteiger charge is -2.16. The van der Waals surface area contributed by atoms with Crippen molar-refractivity contribution in [3.63, 3.8) is 0 Å². The summed E-state index contributed by atoms with van der Waals surface area (Å²) < 4.78 is 5.01. The summed E-state index contributed by atoms with van der Waals surface area (Å²) in [6.07, 6.45) is 0. The van der Waals surface area contributed by atoms with Crippen LogP contribution in [0.4, 0.5) is 0 Å². The number of hydrogen-bond donors (Lipinski definition) is 0. The highest BCUT2D eigenvalue weighted by molar-refractivity contribution is 7.13. The van der Waals surface area contributed by atoms with Gasteiger partial charge in [-0.1, -0.05) is 20.8 Å². The van der Waals surface area contributed by atoms with Crippen LogP contribution in [-0.4, -0.2) is 17.6 Å². The van der Waals surface area contributed by atoms with Gasteiger partial charge in [0.25, 0.3) is 0 Å². The predicted octanol–water partition coefficient (Wildman–Crippen LogP) is 2.93. The normalized spacial score (nSPS) is 11.5. The van der Waals surface area contributed by atoms with E-state index in [-0.39, 0.29) is 11.4 Å². The lowest BCUT2D eigenvalue weighted by molar-refractivity contribution is 0.0529. The molecule has 0 saturated heterocycles. The molecule has 0 aliphatic rings. The Labute approximate surface area is 94.5 Å². The first kappa shape index (κ1) is 12.2. The number of thiazole rings is 1. The minimum absolute atomic E-state index is 0.118. The molecule has 0 unspecified atom stereocenters. The molecule has 0 aliphatic heterocycles. The topological polar surface area (TPSA) is 39.2 Å². The van der Waals surface area contributed by atoms with E-state index >= 15 is 0 Å². The molecule has 0 amide bonds. The summed E-state index contributed by atoms with van der Waals surface area (Å²) in [6.45, 7) is 10.3. The van der Waals surface area contributed by atoms with E-state index in [1.165, 1.54) is 11.3 Å². The Balaban J connectivity index is 3.12. The summed E-state index contributed by atoms with van der Waals surface area (Å²) in [5.74, 6) is -0.256. The van der Waals surface area contributed by atoms with Crippen molar-refractivity contribution in [2.75, 3.05) is 6.61 Å². The Morgan fingerprint density at radius 1 is 1.47 bits per heavy atom. The Morgan fingerprint density at radius 3 is 2.53 bits per heavy atom. The second kappa shape index (κ2) is 4.31. The van der Waals surface area contributed by atoms with Crippen LogP contribution >= 0.6 is 11.3 Å². The fraction of sp³-hybridized carbons (Fsp3) is 0.636. The molecule has 1 aromatic rings. The van der Waals surface area contributed by atoms with E-state index in [1.54, 1.807) is 0 Å². The van der Waals surface area contributed by atoms with E-state index in [2.05, 4.69) is 4.98 Å². The maximum Gasteiger partial charge on any atom is 0.350 e. The van der Waals surface area contributed by atoms with Crippen LogP contribution in [0.3, 0.4) is 0 Å². The van der Waals surface area contributed by atoms with Crippen molar-refractivity contribution in [1.29, 1.82) is 0 Å². The van der Waals surface area contributed by atoms with Gasteiger partial charge in [0.2, 0.25) is 0 Å². The minimum atomic E-state index is -0.256. The molecule has 3 nitrogen and oxygen atoms in total. The Kier molecular flexibility index (Phi) is 3.50. The second-order valence-corrected chi connectivity index (χ2v) is 5.58. The van der Waals surface area contributed by atoms with Crippen LogP contribution in [0, 0.1) is 6.92 Å². The van der Waals surface area contributed by atoms with Crippen LogP contribution in [0.25, 0.3) is 0 Å². The summed E-state index contributed by atoms with van der Waals surface area (Å²) in [6, 6.07) is 0. The maximum atomic E-state index is 11.7. The zero-order valence-electron chi connectivity index (χ0n) is 9.88. The highest BCUT2D eigenvalue weighted by Gasteiger charge is 2.26. The van der Waals surface area contributed by atoms with Gasteiger partial charge in [-0.2, -0.15) is 0 Å². The molecule has 0 bridgehead atoms. The molecule has 0 saturated carbocycles. The maximum absolute atomic E-state index is 11.7. The van der Waals surface area contributed by atoms with Gasteiger partial charge < -0.3 is 4.74 Å². The molecule has 0 atom stereocenters. The largest absolute Gasteiger partial charge is 0.462 e. The highest BCUT2D eigenvalue weighted by atomic mass is 32.1. The van der Waals surface area contributed by atoms with Crippen molar-refractivity contribution < 1.29 is 9.53 Å². The molecule has 1 aromatic heterocycles. The van der Waals surface area contributed by atoms with Crippen molar-refractivity contribution in [3.05, 3.63) is 15.6 Å². The third kappa shape index (κ3) is 2.78. The number of hydrogen-bond acceptors (Lipinski definition) is 4. The van der Waals surface area contributed by atoms with Gasteiger partial charge >= 0.3 is 5.97 Å². The number of ether oxygens (including phenoxy) is 1. The van der Waals surface area contributed by atoms with Gasteiger partial charge in [0.1, 0.15) is 4.88 Å². The van der Waals surface area contributed by atoms with Crippen LogP contribution in [0.15, 0.2) is 0 Å². The fourth-order valence-corrected chi connectivity index (χ4v) is 2.29. The molecular formula is C11H17NO2S. The average Bonchev–Trinajstić information content (AvgIpc) is 2.47. The monoisotopic (exact) mass is 227 g/mol. The zero-order chi connectivity index (χ0) is 11.6.